The number of amides is 1. The number of esters is 1. The molecule has 2 N–H and O–H groups in total. The number of carbonyl (C=O) groups excluding carboxylic acids is 2. The highest BCUT2D eigenvalue weighted by molar-refractivity contribution is 7.87. The van der Waals surface area contributed by atoms with Gasteiger partial charge in [0.1, 0.15) is 0 Å². The van der Waals surface area contributed by atoms with Gasteiger partial charge in [-0.3, -0.25) is 9.35 Å². The number of nitrogens with one attached hydrogen (secondary N) is 1. The second-order valence-corrected chi connectivity index (χ2v) is 6.88. The predicted molar refractivity (Wildman–Crippen MR) is 84.7 cm³/mol. The lowest BCUT2D eigenvalue weighted by Gasteiger charge is -2.32. The zero-order valence-corrected chi connectivity index (χ0v) is 15.7. The summed E-state index contributed by atoms with van der Waals surface area (Å²) in [7, 11) is -6.47. The lowest BCUT2D eigenvalue weighted by atomic mass is 10.1. The Morgan fingerprint density at radius 1 is 1.03 bits per heavy atom. The second-order valence-electron chi connectivity index (χ2n) is 5.42. The molecule has 1 unspecified atom stereocenters. The fourth-order valence-electron chi connectivity index (χ4n) is 1.78. The van der Waals surface area contributed by atoms with Crippen LogP contribution in [-0.4, -0.2) is 54.6 Å². The first kappa shape index (κ1) is 27.8. The smallest absolute Gasteiger partial charge is 0.412 e. The van der Waals surface area contributed by atoms with Crippen molar-refractivity contribution in [3.63, 3.8) is 0 Å². The van der Waals surface area contributed by atoms with Crippen molar-refractivity contribution in [3.05, 3.63) is 25.4 Å². The molecule has 0 fully saturated rings. The summed E-state index contributed by atoms with van der Waals surface area (Å²) in [5.41, 5.74) is 0. The SMILES string of the molecule is C=CNC(=O)C(OCCCCC(F)(F)C(F)(F)S(=O)(=O)O)(OC(=O)C=C)C(F)(F)F. The number of halogens is 7. The largest absolute Gasteiger partial charge is 0.466 e. The molecule has 0 aromatic carbocycles. The minimum absolute atomic E-state index is 0.267. The third-order valence-electron chi connectivity index (χ3n) is 3.26. The van der Waals surface area contributed by atoms with Crippen molar-refractivity contribution in [2.24, 2.45) is 0 Å². The van der Waals surface area contributed by atoms with Gasteiger partial charge < -0.3 is 14.8 Å². The number of ether oxygens (including phenoxy) is 2. The van der Waals surface area contributed by atoms with E-state index in [-0.39, 0.29) is 6.08 Å². The van der Waals surface area contributed by atoms with Crippen LogP contribution in [0.2, 0.25) is 0 Å². The van der Waals surface area contributed by atoms with Crippen molar-refractivity contribution in [2.45, 2.75) is 42.4 Å². The van der Waals surface area contributed by atoms with Crippen LogP contribution in [0, 0.1) is 0 Å². The molecule has 0 aromatic rings. The number of rotatable bonds is 12. The summed E-state index contributed by atoms with van der Waals surface area (Å²) in [5, 5.41) is -4.37. The van der Waals surface area contributed by atoms with Gasteiger partial charge in [0.25, 0.3) is 0 Å². The van der Waals surface area contributed by atoms with Gasteiger partial charge in [-0.05, 0) is 19.0 Å². The quantitative estimate of drug-likeness (QED) is 0.111. The van der Waals surface area contributed by atoms with E-state index in [2.05, 4.69) is 22.6 Å². The van der Waals surface area contributed by atoms with Gasteiger partial charge in [-0.2, -0.15) is 39.2 Å². The Bertz CT molecular complexity index is 767. The number of carbonyl (C=O) groups is 2. The topological polar surface area (TPSA) is 119 Å². The van der Waals surface area contributed by atoms with Crippen LogP contribution in [0.5, 0.6) is 0 Å². The van der Waals surface area contributed by atoms with Crippen LogP contribution in [0.4, 0.5) is 30.7 Å². The number of unbranched alkanes of at least 4 members (excludes halogenated alkanes) is 1. The molecule has 1 atom stereocenters. The lowest BCUT2D eigenvalue weighted by molar-refractivity contribution is -0.346. The summed E-state index contributed by atoms with van der Waals surface area (Å²) in [6.45, 7) is 4.55. The molecule has 0 aliphatic rings. The van der Waals surface area contributed by atoms with Gasteiger partial charge in [0.15, 0.2) is 0 Å². The standard InChI is InChI=1S/C14H16F7NO7S/c1-3-9(23)29-12(13(17,18)19,10(24)22-4-2)28-8-6-5-7-11(15,16)14(20,21)30(25,26)27/h3-4H,1-2,5-8H2,(H,22,24)(H,25,26,27). The van der Waals surface area contributed by atoms with Crippen molar-refractivity contribution >= 4 is 22.0 Å². The summed E-state index contributed by atoms with van der Waals surface area (Å²) in [4.78, 5) is 23.0. The summed E-state index contributed by atoms with van der Waals surface area (Å²) < 4.78 is 130. The first-order valence-corrected chi connectivity index (χ1v) is 9.04. The van der Waals surface area contributed by atoms with E-state index in [1.165, 1.54) is 5.32 Å². The molecule has 0 saturated carbocycles. The Kier molecular flexibility index (Phi) is 9.02. The molecule has 0 heterocycles. The molecule has 0 aliphatic heterocycles. The third-order valence-corrected chi connectivity index (χ3v) is 4.20. The first-order chi connectivity index (χ1) is 13.4. The van der Waals surface area contributed by atoms with Crippen LogP contribution >= 0.6 is 0 Å². The fourth-order valence-corrected chi connectivity index (χ4v) is 2.26. The molecule has 0 bridgehead atoms. The molecule has 0 aromatic heterocycles. The minimum Gasteiger partial charge on any atom is -0.412 e. The zero-order chi connectivity index (χ0) is 24.0. The second kappa shape index (κ2) is 9.74. The van der Waals surface area contributed by atoms with E-state index < -0.39 is 71.0 Å². The molecular weight excluding hydrogens is 459 g/mol. The Morgan fingerprint density at radius 2 is 1.57 bits per heavy atom. The van der Waals surface area contributed by atoms with Crippen molar-refractivity contribution < 1.29 is 62.8 Å². The maximum Gasteiger partial charge on any atom is 0.466 e. The Hall–Kier alpha value is -2.20. The van der Waals surface area contributed by atoms with Crippen LogP contribution in [0.15, 0.2) is 25.4 Å². The monoisotopic (exact) mass is 475 g/mol. The highest BCUT2D eigenvalue weighted by Gasteiger charge is 2.66. The average Bonchev–Trinajstić information content (AvgIpc) is 2.57. The van der Waals surface area contributed by atoms with Crippen molar-refractivity contribution in [1.82, 2.24) is 5.32 Å². The van der Waals surface area contributed by atoms with Gasteiger partial charge >= 0.3 is 45.1 Å². The summed E-state index contributed by atoms with van der Waals surface area (Å²) in [5.74, 6) is -13.3. The highest BCUT2D eigenvalue weighted by atomic mass is 32.2. The minimum atomic E-state index is -6.47. The predicted octanol–water partition coefficient (Wildman–Crippen LogP) is 2.54. The van der Waals surface area contributed by atoms with Gasteiger partial charge in [-0.15, -0.1) is 0 Å². The van der Waals surface area contributed by atoms with Crippen LogP contribution in [-0.2, 0) is 29.2 Å². The van der Waals surface area contributed by atoms with Crippen LogP contribution in [0.3, 0.4) is 0 Å². The van der Waals surface area contributed by atoms with Crippen molar-refractivity contribution in [2.75, 3.05) is 6.61 Å². The average molecular weight is 475 g/mol. The third kappa shape index (κ3) is 6.15. The Labute approximate surface area is 165 Å². The molecule has 0 aliphatic carbocycles. The van der Waals surface area contributed by atoms with Gasteiger partial charge in [0, 0.05) is 12.5 Å². The van der Waals surface area contributed by atoms with Gasteiger partial charge in [0.2, 0.25) is 0 Å². The van der Waals surface area contributed by atoms with Gasteiger partial charge in [-0.25, -0.2) is 4.79 Å². The summed E-state index contributed by atoms with van der Waals surface area (Å²) >= 11 is 0. The van der Waals surface area contributed by atoms with E-state index in [0.29, 0.717) is 6.20 Å². The summed E-state index contributed by atoms with van der Waals surface area (Å²) in [6, 6.07) is 0. The molecule has 0 saturated heterocycles. The number of hydrogen-bond acceptors (Lipinski definition) is 6. The van der Waals surface area contributed by atoms with Crippen molar-refractivity contribution in [1.29, 1.82) is 0 Å². The molecule has 174 valence electrons. The number of alkyl halides is 7. The summed E-state index contributed by atoms with van der Waals surface area (Å²) in [6.07, 6.45) is -8.68. The Balaban J connectivity index is 5.36. The lowest BCUT2D eigenvalue weighted by Crippen LogP contribution is -2.60. The van der Waals surface area contributed by atoms with E-state index >= 15 is 0 Å². The molecule has 0 radical (unpaired) electrons. The molecule has 16 heteroatoms. The van der Waals surface area contributed by atoms with E-state index in [1.54, 1.807) is 0 Å². The molecule has 0 spiro atoms. The molecule has 8 nitrogen and oxygen atoms in total. The van der Waals surface area contributed by atoms with Gasteiger partial charge in [-0.1, -0.05) is 13.2 Å². The normalized spacial score (nSPS) is 15.1. The first-order valence-electron chi connectivity index (χ1n) is 7.60. The Morgan fingerprint density at radius 3 is 1.97 bits per heavy atom. The van der Waals surface area contributed by atoms with Crippen LogP contribution in [0.1, 0.15) is 19.3 Å². The molecule has 30 heavy (non-hydrogen) atoms. The van der Waals surface area contributed by atoms with E-state index in [9.17, 15) is 48.7 Å². The van der Waals surface area contributed by atoms with E-state index in [4.69, 9.17) is 4.55 Å². The van der Waals surface area contributed by atoms with Gasteiger partial charge in [0.05, 0.1) is 6.61 Å². The van der Waals surface area contributed by atoms with Crippen LogP contribution in [0.25, 0.3) is 0 Å². The molecule has 0 rings (SSSR count). The number of hydrogen-bond donors (Lipinski definition) is 2. The maximum atomic E-state index is 13.4. The maximum absolute atomic E-state index is 13.4. The zero-order valence-electron chi connectivity index (χ0n) is 14.8. The van der Waals surface area contributed by atoms with E-state index in [1.807, 2.05) is 0 Å². The fraction of sp³-hybridized carbons (Fsp3) is 0.571. The molecule has 1 amide bonds. The van der Waals surface area contributed by atoms with Crippen LogP contribution < -0.4 is 5.32 Å². The van der Waals surface area contributed by atoms with Crippen molar-refractivity contribution in [3.8, 4) is 0 Å². The van der Waals surface area contributed by atoms with E-state index in [0.717, 1.165) is 0 Å². The highest BCUT2D eigenvalue weighted by Crippen LogP contribution is 2.42. The molecular formula is C14H16F7NO7S.